The minimum Gasteiger partial charge on any atom is -0.478 e. The number of benzene rings is 1. The molecule has 0 saturated carbocycles. The Hall–Kier alpha value is -1.50. The molecule has 0 aromatic heterocycles. The number of hydrogen-bond acceptors (Lipinski definition) is 6. The highest BCUT2D eigenvalue weighted by Gasteiger charge is 2.30. The van der Waals surface area contributed by atoms with Gasteiger partial charge in [0.1, 0.15) is 29.8 Å². The van der Waals surface area contributed by atoms with Crippen molar-refractivity contribution >= 4 is 34.9 Å². The Labute approximate surface area is 176 Å². The molecule has 2 rings (SSSR count). The molecule has 0 spiro atoms. The molecular weight excluding hydrogens is 405 g/mol. The first-order valence-electron chi connectivity index (χ1n) is 9.32. The molecule has 0 aliphatic carbocycles. The minimum absolute atomic E-state index is 0.305. The summed E-state index contributed by atoms with van der Waals surface area (Å²) in [6.07, 6.45) is 0.763. The van der Waals surface area contributed by atoms with Gasteiger partial charge >= 0.3 is 5.97 Å². The zero-order chi connectivity index (χ0) is 20.9. The highest BCUT2D eigenvalue weighted by molar-refractivity contribution is 6.42. The van der Waals surface area contributed by atoms with Gasteiger partial charge in [-0.05, 0) is 40.2 Å². The Morgan fingerprint density at radius 1 is 1.32 bits per heavy atom. The van der Waals surface area contributed by atoms with E-state index in [1.54, 1.807) is 39.8 Å². The number of rotatable bonds is 8. The summed E-state index contributed by atoms with van der Waals surface area (Å²) in [5.74, 6) is -0.119. The molecule has 6 nitrogen and oxygen atoms in total. The lowest BCUT2D eigenvalue weighted by molar-refractivity contribution is -0.162. The number of ether oxygens (including phenoxy) is 3. The van der Waals surface area contributed by atoms with Gasteiger partial charge < -0.3 is 19.0 Å². The van der Waals surface area contributed by atoms with E-state index in [1.807, 2.05) is 0 Å². The monoisotopic (exact) mass is 431 g/mol. The summed E-state index contributed by atoms with van der Waals surface area (Å²) in [6, 6.07) is 3.20. The Balaban J connectivity index is 2.25. The van der Waals surface area contributed by atoms with Crippen LogP contribution in [0.2, 0.25) is 10.0 Å². The van der Waals surface area contributed by atoms with Gasteiger partial charge in [-0.3, -0.25) is 0 Å². The second-order valence-electron chi connectivity index (χ2n) is 7.54. The van der Waals surface area contributed by atoms with E-state index in [0.717, 1.165) is 12.8 Å². The third-order valence-electron chi connectivity index (χ3n) is 3.85. The smallest absolute Gasteiger partial charge is 0.347 e. The number of halogens is 2. The molecule has 0 N–H and O–H groups in total. The fourth-order valence-electron chi connectivity index (χ4n) is 2.48. The summed E-state index contributed by atoms with van der Waals surface area (Å²) in [6.45, 7) is 9.99. The Kier molecular flexibility index (Phi) is 7.98. The molecule has 0 fully saturated rings. The summed E-state index contributed by atoms with van der Waals surface area (Å²) >= 11 is 12.4. The van der Waals surface area contributed by atoms with E-state index >= 15 is 0 Å². The van der Waals surface area contributed by atoms with Crippen LogP contribution in [0.5, 0.6) is 5.75 Å². The maximum atomic E-state index is 12.3. The maximum Gasteiger partial charge on any atom is 0.347 e. The molecule has 0 bridgehead atoms. The van der Waals surface area contributed by atoms with Crippen molar-refractivity contribution in [2.75, 3.05) is 13.2 Å². The Morgan fingerprint density at radius 3 is 2.64 bits per heavy atom. The highest BCUT2D eigenvalue weighted by Crippen LogP contribution is 2.34. The fraction of sp³-hybridized carbons (Fsp3) is 0.600. The van der Waals surface area contributed by atoms with E-state index in [2.05, 4.69) is 12.1 Å². The summed E-state index contributed by atoms with van der Waals surface area (Å²) in [5, 5.41) is 4.75. The van der Waals surface area contributed by atoms with Gasteiger partial charge in [0.05, 0.1) is 10.0 Å². The van der Waals surface area contributed by atoms with Crippen LogP contribution in [-0.4, -0.2) is 42.7 Å². The van der Waals surface area contributed by atoms with Gasteiger partial charge in [0.2, 0.25) is 0 Å². The summed E-state index contributed by atoms with van der Waals surface area (Å²) < 4.78 is 17.1. The minimum atomic E-state index is -0.849. The van der Waals surface area contributed by atoms with Crippen molar-refractivity contribution in [2.45, 2.75) is 65.3 Å². The number of carbonyl (C=O) groups is 1. The van der Waals surface area contributed by atoms with Crippen LogP contribution in [0.25, 0.3) is 0 Å². The molecular formula is C20H27Cl2NO5. The van der Waals surface area contributed by atoms with Crippen LogP contribution in [0.1, 0.15) is 53.0 Å². The van der Waals surface area contributed by atoms with Crippen molar-refractivity contribution in [3.63, 3.8) is 0 Å². The molecule has 1 aromatic rings. The van der Waals surface area contributed by atoms with Gasteiger partial charge in [-0.1, -0.05) is 41.7 Å². The molecule has 0 saturated heterocycles. The maximum absolute atomic E-state index is 12.3. The SMILES string of the molecule is CCCCO[C@@H]1CON=C1c1cc(Cl)c(Cl)cc1O[C@@H](C)C(=O)OC(C)(C)C. The molecule has 1 heterocycles. The van der Waals surface area contributed by atoms with Crippen molar-refractivity contribution in [1.82, 2.24) is 0 Å². The zero-order valence-corrected chi connectivity index (χ0v) is 18.4. The molecule has 8 heteroatoms. The van der Waals surface area contributed by atoms with Gasteiger partial charge in [-0.15, -0.1) is 0 Å². The molecule has 1 aliphatic rings. The molecule has 0 radical (unpaired) electrons. The zero-order valence-electron chi connectivity index (χ0n) is 16.9. The predicted octanol–water partition coefficient (Wildman–Crippen LogP) is 5.02. The van der Waals surface area contributed by atoms with Crippen LogP contribution in [-0.2, 0) is 19.1 Å². The third-order valence-corrected chi connectivity index (χ3v) is 4.57. The number of carbonyl (C=O) groups excluding carboxylic acids is 1. The first kappa shape index (κ1) is 22.8. The van der Waals surface area contributed by atoms with E-state index in [-0.39, 0.29) is 6.10 Å². The van der Waals surface area contributed by atoms with Crippen LogP contribution in [0.4, 0.5) is 0 Å². The van der Waals surface area contributed by atoms with E-state index < -0.39 is 17.7 Å². The normalized spacial score (nSPS) is 17.7. The summed E-state index contributed by atoms with van der Waals surface area (Å²) in [7, 11) is 0. The van der Waals surface area contributed by atoms with E-state index in [0.29, 0.717) is 40.3 Å². The van der Waals surface area contributed by atoms with Gasteiger partial charge in [-0.2, -0.15) is 0 Å². The second-order valence-corrected chi connectivity index (χ2v) is 8.36. The topological polar surface area (TPSA) is 66.3 Å². The van der Waals surface area contributed by atoms with E-state index in [9.17, 15) is 4.79 Å². The lowest BCUT2D eigenvalue weighted by Crippen LogP contribution is -2.34. The molecule has 0 amide bonds. The van der Waals surface area contributed by atoms with Crippen LogP contribution >= 0.6 is 23.2 Å². The first-order chi connectivity index (χ1) is 13.1. The Morgan fingerprint density at radius 2 is 2.00 bits per heavy atom. The van der Waals surface area contributed by atoms with E-state index in [4.69, 9.17) is 42.3 Å². The quantitative estimate of drug-likeness (QED) is 0.426. The largest absolute Gasteiger partial charge is 0.478 e. The van der Waals surface area contributed by atoms with Crippen molar-refractivity contribution in [1.29, 1.82) is 0 Å². The fourth-order valence-corrected chi connectivity index (χ4v) is 2.80. The molecule has 1 aromatic carbocycles. The summed E-state index contributed by atoms with van der Waals surface area (Å²) in [4.78, 5) is 17.5. The van der Waals surface area contributed by atoms with Gasteiger partial charge in [0.25, 0.3) is 0 Å². The van der Waals surface area contributed by atoms with Crippen molar-refractivity contribution < 1.29 is 23.8 Å². The standard InChI is InChI=1S/C20H27Cl2NO5/c1-6-7-8-25-17-11-26-23-18(17)13-9-14(21)15(22)10-16(13)27-12(2)19(24)28-20(3,4)5/h9-10,12,17H,6-8,11H2,1-5H3/t12-,17+/m0/s1. The van der Waals surface area contributed by atoms with Gasteiger partial charge in [0, 0.05) is 18.2 Å². The third kappa shape index (κ3) is 6.26. The molecule has 1 aliphatic heterocycles. The lowest BCUT2D eigenvalue weighted by atomic mass is 10.0. The average molecular weight is 432 g/mol. The molecule has 156 valence electrons. The number of unbranched alkanes of at least 4 members (excludes halogenated alkanes) is 1. The van der Waals surface area contributed by atoms with Crippen LogP contribution < -0.4 is 4.74 Å². The lowest BCUT2D eigenvalue weighted by Gasteiger charge is -2.23. The average Bonchev–Trinajstić information content (AvgIpc) is 3.05. The molecule has 2 atom stereocenters. The number of nitrogens with zero attached hydrogens (tertiary/aromatic N) is 1. The van der Waals surface area contributed by atoms with Crippen LogP contribution in [0.3, 0.4) is 0 Å². The molecule has 28 heavy (non-hydrogen) atoms. The first-order valence-corrected chi connectivity index (χ1v) is 10.1. The molecule has 0 unspecified atom stereocenters. The van der Waals surface area contributed by atoms with Crippen LogP contribution in [0, 0.1) is 0 Å². The van der Waals surface area contributed by atoms with Crippen molar-refractivity contribution in [2.24, 2.45) is 5.16 Å². The van der Waals surface area contributed by atoms with Crippen LogP contribution in [0.15, 0.2) is 17.3 Å². The number of esters is 1. The number of hydrogen-bond donors (Lipinski definition) is 0. The predicted molar refractivity (Wildman–Crippen MR) is 110 cm³/mol. The highest BCUT2D eigenvalue weighted by atomic mass is 35.5. The van der Waals surface area contributed by atoms with Crippen molar-refractivity contribution in [3.8, 4) is 5.75 Å². The van der Waals surface area contributed by atoms with E-state index in [1.165, 1.54) is 0 Å². The summed E-state index contributed by atoms with van der Waals surface area (Å²) in [5.41, 5.74) is 0.515. The Bertz CT molecular complexity index is 730. The van der Waals surface area contributed by atoms with Gasteiger partial charge in [0.15, 0.2) is 6.10 Å². The van der Waals surface area contributed by atoms with Crippen molar-refractivity contribution in [3.05, 3.63) is 27.7 Å². The van der Waals surface area contributed by atoms with Gasteiger partial charge in [-0.25, -0.2) is 4.79 Å². The second kappa shape index (κ2) is 9.81. The number of oxime groups is 1.